The van der Waals surface area contributed by atoms with Crippen LogP contribution in [0, 0.1) is 0 Å². The third-order valence-electron chi connectivity index (χ3n) is 5.23. The molecule has 1 amide bonds. The van der Waals surface area contributed by atoms with E-state index in [0.717, 1.165) is 4.57 Å². The van der Waals surface area contributed by atoms with Crippen molar-refractivity contribution >= 4 is 32.7 Å². The van der Waals surface area contributed by atoms with E-state index < -0.39 is 27.2 Å². The number of anilines is 1. The number of aromatic nitrogens is 3. The van der Waals surface area contributed by atoms with Crippen LogP contribution in [-0.2, 0) is 28.9 Å². The van der Waals surface area contributed by atoms with Crippen molar-refractivity contribution in [3.63, 3.8) is 0 Å². The zero-order valence-corrected chi connectivity index (χ0v) is 18.3. The molecule has 0 unspecified atom stereocenters. The molecule has 0 atom stereocenters. The number of aryl methyl sites for hydroxylation is 1. The quantitative estimate of drug-likeness (QED) is 0.576. The number of carbonyl (C=O) groups is 1. The van der Waals surface area contributed by atoms with Crippen LogP contribution in [0.15, 0.2) is 50.9 Å². The molecular weight excluding hydrogens is 438 g/mol. The Kier molecular flexibility index (Phi) is 5.67. The minimum absolute atomic E-state index is 0.0257. The fourth-order valence-electron chi connectivity index (χ4n) is 3.45. The average molecular weight is 459 g/mol. The lowest BCUT2D eigenvalue weighted by Crippen LogP contribution is -2.40. The lowest BCUT2D eigenvalue weighted by Gasteiger charge is -2.26. The molecule has 32 heavy (non-hydrogen) atoms. The first-order valence-electron chi connectivity index (χ1n) is 9.76. The molecule has 1 fully saturated rings. The highest BCUT2D eigenvalue weighted by Crippen LogP contribution is 2.21. The summed E-state index contributed by atoms with van der Waals surface area (Å²) >= 11 is 0. The van der Waals surface area contributed by atoms with Crippen molar-refractivity contribution in [2.45, 2.75) is 4.90 Å². The number of amides is 1. The number of carbonyl (C=O) groups excluding carboxylic acids is 1. The topological polar surface area (TPSA) is 133 Å². The maximum Gasteiger partial charge on any atom is 0.332 e. The lowest BCUT2D eigenvalue weighted by atomic mass is 10.2. The number of fused-ring (bicyclic) bond motifs is 1. The Labute approximate surface area is 182 Å². The summed E-state index contributed by atoms with van der Waals surface area (Å²) < 4.78 is 34.4. The predicted molar refractivity (Wildman–Crippen MR) is 116 cm³/mol. The maximum atomic E-state index is 12.9. The number of hydrogen-bond donors (Lipinski definition) is 1. The summed E-state index contributed by atoms with van der Waals surface area (Å²) in [7, 11) is -0.901. The van der Waals surface area contributed by atoms with Gasteiger partial charge in [0, 0.05) is 32.9 Å². The third-order valence-corrected chi connectivity index (χ3v) is 7.13. The normalized spacial score (nSPS) is 15.1. The Morgan fingerprint density at radius 3 is 2.50 bits per heavy atom. The highest BCUT2D eigenvalue weighted by molar-refractivity contribution is 7.89. The Hall–Kier alpha value is -3.35. The van der Waals surface area contributed by atoms with Crippen LogP contribution < -0.4 is 16.6 Å². The van der Waals surface area contributed by atoms with Gasteiger partial charge in [0.1, 0.15) is 11.3 Å². The summed E-state index contributed by atoms with van der Waals surface area (Å²) in [6, 6.07) is 8.72. The number of hydrogen-bond acceptors (Lipinski definition) is 7. The van der Waals surface area contributed by atoms with Gasteiger partial charge in [-0.25, -0.2) is 18.2 Å². The molecule has 11 nitrogen and oxygen atoms in total. The van der Waals surface area contributed by atoms with E-state index in [1.165, 1.54) is 53.3 Å². The maximum absolute atomic E-state index is 12.9. The summed E-state index contributed by atoms with van der Waals surface area (Å²) in [6.07, 6.45) is 0. The molecule has 0 aliphatic carbocycles. The van der Waals surface area contributed by atoms with Gasteiger partial charge in [0.25, 0.3) is 11.5 Å². The monoisotopic (exact) mass is 459 g/mol. The highest BCUT2D eigenvalue weighted by atomic mass is 32.2. The van der Waals surface area contributed by atoms with Gasteiger partial charge in [0.2, 0.25) is 10.0 Å². The van der Waals surface area contributed by atoms with Gasteiger partial charge >= 0.3 is 5.69 Å². The van der Waals surface area contributed by atoms with Crippen LogP contribution in [0.2, 0.25) is 0 Å². The number of pyridine rings is 1. The molecule has 0 radical (unpaired) electrons. The number of nitrogens with one attached hydrogen (secondary N) is 1. The minimum Gasteiger partial charge on any atom is -0.379 e. The molecule has 2 aromatic heterocycles. The van der Waals surface area contributed by atoms with E-state index in [1.54, 1.807) is 6.07 Å². The van der Waals surface area contributed by atoms with Gasteiger partial charge in [-0.2, -0.15) is 4.31 Å². The number of nitrogens with zero attached hydrogens (tertiary/aromatic N) is 4. The fraction of sp³-hybridized carbons (Fsp3) is 0.300. The van der Waals surface area contributed by atoms with Gasteiger partial charge in [-0.1, -0.05) is 6.07 Å². The molecule has 1 aliphatic heterocycles. The Bertz CT molecular complexity index is 1440. The van der Waals surface area contributed by atoms with Crippen LogP contribution in [0.25, 0.3) is 11.0 Å². The fourth-order valence-corrected chi connectivity index (χ4v) is 4.90. The SMILES string of the molecule is Cn1c(=O)c2ccc(C(=O)Nc3cccc(S(=O)(=O)N4CCOCC4)c3)nc2n(C)c1=O. The molecule has 1 aromatic carbocycles. The second-order valence-corrected chi connectivity index (χ2v) is 9.21. The van der Waals surface area contributed by atoms with Crippen LogP contribution in [0.4, 0.5) is 5.69 Å². The summed E-state index contributed by atoms with van der Waals surface area (Å²) in [5.74, 6) is -0.610. The van der Waals surface area contributed by atoms with E-state index in [9.17, 15) is 22.8 Å². The predicted octanol–water partition coefficient (Wildman–Crippen LogP) is -0.0946. The van der Waals surface area contributed by atoms with Crippen LogP contribution in [0.3, 0.4) is 0 Å². The van der Waals surface area contributed by atoms with E-state index in [-0.39, 0.29) is 40.4 Å². The number of benzene rings is 1. The Morgan fingerprint density at radius 1 is 1.06 bits per heavy atom. The average Bonchev–Trinajstić information content (AvgIpc) is 2.81. The zero-order chi connectivity index (χ0) is 23.0. The van der Waals surface area contributed by atoms with Gasteiger partial charge in [0.15, 0.2) is 0 Å². The van der Waals surface area contributed by atoms with Crippen molar-refractivity contribution in [1.29, 1.82) is 0 Å². The van der Waals surface area contributed by atoms with E-state index in [4.69, 9.17) is 4.74 Å². The third kappa shape index (κ3) is 3.83. The summed E-state index contributed by atoms with van der Waals surface area (Å²) in [5.41, 5.74) is -0.752. The smallest absolute Gasteiger partial charge is 0.332 e. The van der Waals surface area contributed by atoms with Crippen molar-refractivity contribution in [3.05, 3.63) is 62.9 Å². The number of morpholine rings is 1. The van der Waals surface area contributed by atoms with E-state index in [0.29, 0.717) is 13.2 Å². The first-order chi connectivity index (χ1) is 15.2. The van der Waals surface area contributed by atoms with E-state index >= 15 is 0 Å². The van der Waals surface area contributed by atoms with Crippen molar-refractivity contribution in [2.75, 3.05) is 31.6 Å². The molecule has 1 N–H and O–H groups in total. The number of sulfonamides is 1. The van der Waals surface area contributed by atoms with Crippen molar-refractivity contribution in [3.8, 4) is 0 Å². The van der Waals surface area contributed by atoms with Crippen molar-refractivity contribution in [1.82, 2.24) is 18.4 Å². The van der Waals surface area contributed by atoms with E-state index in [2.05, 4.69) is 10.3 Å². The number of ether oxygens (including phenoxy) is 1. The van der Waals surface area contributed by atoms with Crippen LogP contribution in [0.5, 0.6) is 0 Å². The van der Waals surface area contributed by atoms with Crippen LogP contribution in [0.1, 0.15) is 10.5 Å². The number of rotatable bonds is 4. The van der Waals surface area contributed by atoms with Gasteiger partial charge < -0.3 is 10.1 Å². The molecule has 1 saturated heterocycles. The largest absolute Gasteiger partial charge is 0.379 e. The molecule has 0 saturated carbocycles. The molecule has 12 heteroatoms. The Morgan fingerprint density at radius 2 is 1.78 bits per heavy atom. The molecule has 0 bridgehead atoms. The van der Waals surface area contributed by atoms with Gasteiger partial charge in [-0.15, -0.1) is 0 Å². The van der Waals surface area contributed by atoms with Gasteiger partial charge in [-0.05, 0) is 30.3 Å². The summed E-state index contributed by atoms with van der Waals surface area (Å²) in [4.78, 5) is 41.4. The lowest BCUT2D eigenvalue weighted by molar-refractivity contribution is 0.0730. The molecule has 0 spiro atoms. The zero-order valence-electron chi connectivity index (χ0n) is 17.4. The Balaban J connectivity index is 1.63. The van der Waals surface area contributed by atoms with Crippen LogP contribution >= 0.6 is 0 Å². The molecular formula is C20H21N5O6S. The second kappa shape index (κ2) is 8.30. The van der Waals surface area contributed by atoms with Gasteiger partial charge in [0.05, 0.1) is 23.5 Å². The molecule has 168 valence electrons. The second-order valence-electron chi connectivity index (χ2n) is 7.27. The summed E-state index contributed by atoms with van der Waals surface area (Å²) in [6.45, 7) is 1.18. The minimum atomic E-state index is -3.72. The van der Waals surface area contributed by atoms with Crippen molar-refractivity contribution < 1.29 is 17.9 Å². The highest BCUT2D eigenvalue weighted by Gasteiger charge is 2.26. The molecule has 3 aromatic rings. The molecule has 4 rings (SSSR count). The van der Waals surface area contributed by atoms with E-state index in [1.807, 2.05) is 0 Å². The van der Waals surface area contributed by atoms with Crippen molar-refractivity contribution in [2.24, 2.45) is 14.1 Å². The van der Waals surface area contributed by atoms with Crippen LogP contribution in [-0.4, -0.2) is 59.1 Å². The van der Waals surface area contributed by atoms with Gasteiger partial charge in [-0.3, -0.25) is 18.7 Å². The molecule has 3 heterocycles. The standard InChI is InChI=1S/C20H21N5O6S/c1-23-17-15(19(27)24(2)20(23)28)6-7-16(22-17)18(26)21-13-4-3-5-14(12-13)32(29,30)25-8-10-31-11-9-25/h3-7,12H,8-11H2,1-2H3,(H,21,26). The summed E-state index contributed by atoms with van der Waals surface area (Å²) in [5, 5.41) is 2.82. The molecule has 1 aliphatic rings. The first-order valence-corrected chi connectivity index (χ1v) is 11.2. The first kappa shape index (κ1) is 21.9.